The lowest BCUT2D eigenvalue weighted by atomic mass is 10.1. The molecule has 8 heteroatoms. The van der Waals surface area contributed by atoms with Crippen molar-refractivity contribution in [3.63, 3.8) is 0 Å². The van der Waals surface area contributed by atoms with Gasteiger partial charge in [-0.3, -0.25) is 14.7 Å². The van der Waals surface area contributed by atoms with Gasteiger partial charge in [-0.05, 0) is 39.0 Å². The highest BCUT2D eigenvalue weighted by atomic mass is 19.1. The Morgan fingerprint density at radius 2 is 1.83 bits per heavy atom. The lowest BCUT2D eigenvalue weighted by molar-refractivity contribution is 0.246. The normalized spacial score (nSPS) is 16.2. The van der Waals surface area contributed by atoms with Crippen molar-refractivity contribution < 1.29 is 8.78 Å². The van der Waals surface area contributed by atoms with Crippen LogP contribution in [-0.2, 0) is 6.54 Å². The van der Waals surface area contributed by atoms with Crippen molar-refractivity contribution >= 4 is 16.7 Å². The number of benzene rings is 1. The molecule has 1 aliphatic rings. The molecule has 2 aromatic heterocycles. The third-order valence-electron chi connectivity index (χ3n) is 5.59. The number of H-pyrrole nitrogens is 1. The SMILES string of the molecule is Cc1ccc(N2CCN(Cc3ccc4nc(C(C)F)c(=O)[nH]c4c3F)CC2)c(C)n1. The first-order valence-electron chi connectivity index (χ1n) is 10.1. The van der Waals surface area contributed by atoms with Gasteiger partial charge in [0.2, 0.25) is 0 Å². The second-order valence-corrected chi connectivity index (χ2v) is 7.82. The van der Waals surface area contributed by atoms with E-state index in [1.165, 1.54) is 6.92 Å². The van der Waals surface area contributed by atoms with Gasteiger partial charge in [-0.2, -0.15) is 0 Å². The summed E-state index contributed by atoms with van der Waals surface area (Å²) in [5.74, 6) is -0.504. The number of aromatic nitrogens is 3. The van der Waals surface area contributed by atoms with Crippen LogP contribution in [0.25, 0.3) is 11.0 Å². The van der Waals surface area contributed by atoms with Crippen molar-refractivity contribution in [3.05, 3.63) is 63.1 Å². The summed E-state index contributed by atoms with van der Waals surface area (Å²) in [6.45, 7) is 8.91. The van der Waals surface area contributed by atoms with Crippen LogP contribution in [0.15, 0.2) is 29.1 Å². The fraction of sp³-hybridized carbons (Fsp3) is 0.409. The molecule has 6 nitrogen and oxygen atoms in total. The van der Waals surface area contributed by atoms with Crippen LogP contribution >= 0.6 is 0 Å². The number of nitrogens with one attached hydrogen (secondary N) is 1. The second-order valence-electron chi connectivity index (χ2n) is 7.82. The number of alkyl halides is 1. The zero-order chi connectivity index (χ0) is 21.4. The van der Waals surface area contributed by atoms with Crippen molar-refractivity contribution in [3.8, 4) is 0 Å². The fourth-order valence-electron chi connectivity index (χ4n) is 3.97. The number of aryl methyl sites for hydroxylation is 2. The standard InChI is InChI=1S/C22H25F2N5O/c1-13-4-7-18(15(3)25-13)29-10-8-28(9-11-29)12-16-5-6-17-21(19(16)24)27-22(30)20(26-17)14(2)23/h4-7,14H,8-12H2,1-3H3,(H,27,30). The lowest BCUT2D eigenvalue weighted by Crippen LogP contribution is -2.46. The Bertz CT molecular complexity index is 1140. The molecule has 0 saturated carbocycles. The summed E-state index contributed by atoms with van der Waals surface area (Å²) in [6, 6.07) is 7.42. The molecule has 1 saturated heterocycles. The van der Waals surface area contributed by atoms with E-state index >= 15 is 4.39 Å². The van der Waals surface area contributed by atoms with E-state index in [0.29, 0.717) is 12.1 Å². The topological polar surface area (TPSA) is 65.1 Å². The van der Waals surface area contributed by atoms with E-state index in [9.17, 15) is 9.18 Å². The Morgan fingerprint density at radius 3 is 2.50 bits per heavy atom. The monoisotopic (exact) mass is 413 g/mol. The number of hydrogen-bond donors (Lipinski definition) is 1. The second kappa shape index (κ2) is 8.10. The highest BCUT2D eigenvalue weighted by Crippen LogP contribution is 2.23. The Labute approximate surface area is 173 Å². The predicted molar refractivity (Wildman–Crippen MR) is 113 cm³/mol. The predicted octanol–water partition coefficient (Wildman–Crippen LogP) is 3.43. The Hall–Kier alpha value is -2.87. The molecule has 1 fully saturated rings. The molecular formula is C22H25F2N5O. The minimum absolute atomic E-state index is 0.0295. The highest BCUT2D eigenvalue weighted by Gasteiger charge is 2.21. The third-order valence-corrected chi connectivity index (χ3v) is 5.59. The van der Waals surface area contributed by atoms with Gasteiger partial charge in [-0.15, -0.1) is 0 Å². The molecule has 1 aromatic carbocycles. The molecule has 0 bridgehead atoms. The van der Waals surface area contributed by atoms with E-state index in [-0.39, 0.29) is 16.7 Å². The van der Waals surface area contributed by atoms with E-state index in [1.807, 2.05) is 19.9 Å². The molecule has 30 heavy (non-hydrogen) atoms. The van der Waals surface area contributed by atoms with Gasteiger partial charge in [0.15, 0.2) is 5.82 Å². The summed E-state index contributed by atoms with van der Waals surface area (Å²) in [4.78, 5) is 27.5. The van der Waals surface area contributed by atoms with E-state index in [4.69, 9.17) is 0 Å². The molecule has 1 unspecified atom stereocenters. The number of hydrogen-bond acceptors (Lipinski definition) is 5. The fourth-order valence-corrected chi connectivity index (χ4v) is 3.97. The largest absolute Gasteiger partial charge is 0.368 e. The van der Waals surface area contributed by atoms with Crippen LogP contribution in [0.2, 0.25) is 0 Å². The summed E-state index contributed by atoms with van der Waals surface area (Å²) in [7, 11) is 0. The van der Waals surface area contributed by atoms with Gasteiger partial charge >= 0.3 is 0 Å². The summed E-state index contributed by atoms with van der Waals surface area (Å²) in [6.07, 6.45) is -1.51. The molecule has 1 atom stereocenters. The Balaban J connectivity index is 1.49. The van der Waals surface area contributed by atoms with Crippen molar-refractivity contribution in [1.29, 1.82) is 0 Å². The molecule has 3 heterocycles. The van der Waals surface area contributed by atoms with Crippen LogP contribution in [0.4, 0.5) is 14.5 Å². The van der Waals surface area contributed by atoms with Crippen LogP contribution < -0.4 is 10.5 Å². The molecule has 158 valence electrons. The third kappa shape index (κ3) is 3.92. The van der Waals surface area contributed by atoms with E-state index in [0.717, 1.165) is 43.3 Å². The maximum absolute atomic E-state index is 15.0. The van der Waals surface area contributed by atoms with Gasteiger partial charge < -0.3 is 9.88 Å². The van der Waals surface area contributed by atoms with Crippen molar-refractivity contribution in [1.82, 2.24) is 19.9 Å². The summed E-state index contributed by atoms with van der Waals surface area (Å²) < 4.78 is 28.5. The number of halogens is 2. The van der Waals surface area contributed by atoms with E-state index in [2.05, 4.69) is 30.8 Å². The quantitative estimate of drug-likeness (QED) is 0.710. The van der Waals surface area contributed by atoms with E-state index < -0.39 is 17.5 Å². The van der Waals surface area contributed by atoms with E-state index in [1.54, 1.807) is 12.1 Å². The number of aromatic amines is 1. The first kappa shape index (κ1) is 20.4. The number of pyridine rings is 1. The number of piperazine rings is 1. The summed E-state index contributed by atoms with van der Waals surface area (Å²) in [5, 5.41) is 0. The Kier molecular flexibility index (Phi) is 5.51. The zero-order valence-corrected chi connectivity index (χ0v) is 17.4. The van der Waals surface area contributed by atoms with Crippen LogP contribution in [0.3, 0.4) is 0 Å². The molecule has 1 N–H and O–H groups in total. The summed E-state index contributed by atoms with van der Waals surface area (Å²) in [5.41, 5.74) is 3.01. The molecule has 4 rings (SSSR count). The molecule has 0 amide bonds. The zero-order valence-electron chi connectivity index (χ0n) is 17.4. The molecule has 1 aliphatic heterocycles. The van der Waals surface area contributed by atoms with Crippen molar-refractivity contribution in [2.75, 3.05) is 31.1 Å². The van der Waals surface area contributed by atoms with Crippen molar-refractivity contribution in [2.45, 2.75) is 33.5 Å². The number of nitrogens with zero attached hydrogens (tertiary/aromatic N) is 4. The molecule has 3 aromatic rings. The van der Waals surface area contributed by atoms with Gasteiger partial charge in [0, 0.05) is 44.0 Å². The maximum atomic E-state index is 15.0. The molecule has 0 aliphatic carbocycles. The average Bonchev–Trinajstić information content (AvgIpc) is 2.71. The van der Waals surface area contributed by atoms with Crippen LogP contribution in [0.5, 0.6) is 0 Å². The van der Waals surface area contributed by atoms with Gasteiger partial charge in [0.05, 0.1) is 16.9 Å². The number of anilines is 1. The molecule has 0 radical (unpaired) electrons. The first-order valence-corrected chi connectivity index (χ1v) is 10.1. The van der Waals surface area contributed by atoms with Crippen molar-refractivity contribution in [2.24, 2.45) is 0 Å². The minimum Gasteiger partial charge on any atom is -0.368 e. The van der Waals surface area contributed by atoms with Gasteiger partial charge in [0.25, 0.3) is 5.56 Å². The van der Waals surface area contributed by atoms with Gasteiger partial charge in [0.1, 0.15) is 17.4 Å². The van der Waals surface area contributed by atoms with Gasteiger partial charge in [-0.1, -0.05) is 6.07 Å². The number of fused-ring (bicyclic) bond motifs is 1. The highest BCUT2D eigenvalue weighted by molar-refractivity contribution is 5.75. The van der Waals surface area contributed by atoms with Gasteiger partial charge in [-0.25, -0.2) is 13.8 Å². The smallest absolute Gasteiger partial charge is 0.273 e. The minimum atomic E-state index is -1.51. The summed E-state index contributed by atoms with van der Waals surface area (Å²) >= 11 is 0. The lowest BCUT2D eigenvalue weighted by Gasteiger charge is -2.36. The number of rotatable bonds is 4. The molecule has 0 spiro atoms. The first-order chi connectivity index (χ1) is 14.3. The maximum Gasteiger partial charge on any atom is 0.273 e. The Morgan fingerprint density at radius 1 is 1.10 bits per heavy atom. The average molecular weight is 413 g/mol. The van der Waals surface area contributed by atoms with Crippen LogP contribution in [0.1, 0.15) is 35.7 Å². The van der Waals surface area contributed by atoms with Crippen LogP contribution in [0, 0.1) is 19.7 Å². The molecular weight excluding hydrogens is 388 g/mol. The van der Waals surface area contributed by atoms with Crippen LogP contribution in [-0.4, -0.2) is 46.0 Å².